The van der Waals surface area contributed by atoms with E-state index in [1.807, 2.05) is 0 Å². The highest BCUT2D eigenvalue weighted by molar-refractivity contribution is 7.15. The number of hydrogen-bond donors (Lipinski definition) is 1. The van der Waals surface area contributed by atoms with Crippen molar-refractivity contribution in [1.82, 2.24) is 10.2 Å². The average Bonchev–Trinajstić information content (AvgIpc) is 2.72. The van der Waals surface area contributed by atoms with Crippen molar-refractivity contribution in [3.05, 3.63) is 20.3 Å². The number of thiophene rings is 1. The Morgan fingerprint density at radius 1 is 1.28 bits per heavy atom. The van der Waals surface area contributed by atoms with Crippen molar-refractivity contribution < 1.29 is 0 Å². The number of halogens is 3. The minimum absolute atomic E-state index is 0. The molecule has 0 aliphatic carbocycles. The van der Waals surface area contributed by atoms with Crippen LogP contribution in [0.3, 0.4) is 0 Å². The van der Waals surface area contributed by atoms with E-state index in [-0.39, 0.29) is 12.4 Å². The van der Waals surface area contributed by atoms with E-state index < -0.39 is 0 Å². The molecule has 2 saturated heterocycles. The molecule has 3 heterocycles. The standard InChI is InChI=1S/C12H16Cl2N2S.ClH/c13-11-8(7-17-12(11)14)6-16-9-1-2-10(16)5-15-4-3-9;/h7,9-10,15H,1-6H2;1H. The summed E-state index contributed by atoms with van der Waals surface area (Å²) in [5, 5.41) is 6.37. The van der Waals surface area contributed by atoms with Gasteiger partial charge in [-0.2, -0.15) is 0 Å². The molecular formula is C12H17Cl3N2S. The van der Waals surface area contributed by atoms with Crippen LogP contribution >= 0.6 is 46.9 Å². The minimum atomic E-state index is 0. The van der Waals surface area contributed by atoms with Gasteiger partial charge in [0, 0.05) is 25.2 Å². The van der Waals surface area contributed by atoms with Crippen molar-refractivity contribution in [3.8, 4) is 0 Å². The zero-order valence-corrected chi connectivity index (χ0v) is 13.1. The number of hydrogen-bond acceptors (Lipinski definition) is 3. The Hall–Kier alpha value is 0.490. The summed E-state index contributed by atoms with van der Waals surface area (Å²) >= 11 is 13.8. The van der Waals surface area contributed by atoms with Gasteiger partial charge in [0.25, 0.3) is 0 Å². The van der Waals surface area contributed by atoms with Crippen LogP contribution in [-0.4, -0.2) is 30.1 Å². The highest BCUT2D eigenvalue weighted by Crippen LogP contribution is 2.36. The van der Waals surface area contributed by atoms with Gasteiger partial charge in [0.15, 0.2) is 0 Å². The van der Waals surface area contributed by atoms with Crippen molar-refractivity contribution in [2.45, 2.75) is 37.9 Å². The molecule has 2 unspecified atom stereocenters. The van der Waals surface area contributed by atoms with Crippen molar-refractivity contribution in [3.63, 3.8) is 0 Å². The Bertz CT molecular complexity index is 396. The van der Waals surface area contributed by atoms with Crippen molar-refractivity contribution in [2.24, 2.45) is 0 Å². The van der Waals surface area contributed by atoms with E-state index in [1.54, 1.807) is 0 Å². The maximum atomic E-state index is 6.22. The van der Waals surface area contributed by atoms with Gasteiger partial charge in [-0.1, -0.05) is 23.2 Å². The molecule has 2 fully saturated rings. The number of fused-ring (bicyclic) bond motifs is 2. The Labute approximate surface area is 128 Å². The Morgan fingerprint density at radius 3 is 2.78 bits per heavy atom. The van der Waals surface area contributed by atoms with Gasteiger partial charge in [-0.05, 0) is 36.8 Å². The highest BCUT2D eigenvalue weighted by Gasteiger charge is 2.35. The van der Waals surface area contributed by atoms with Crippen LogP contribution < -0.4 is 5.32 Å². The molecule has 1 N–H and O–H groups in total. The molecule has 6 heteroatoms. The van der Waals surface area contributed by atoms with Gasteiger partial charge in [-0.15, -0.1) is 23.7 Å². The molecule has 3 rings (SSSR count). The fourth-order valence-electron chi connectivity index (χ4n) is 3.00. The molecule has 0 amide bonds. The second kappa shape index (κ2) is 6.29. The van der Waals surface area contributed by atoms with Gasteiger partial charge < -0.3 is 5.32 Å². The Morgan fingerprint density at radius 2 is 2.06 bits per heavy atom. The maximum Gasteiger partial charge on any atom is 0.112 e. The first kappa shape index (κ1) is 14.9. The lowest BCUT2D eigenvalue weighted by Gasteiger charge is -2.27. The second-order valence-electron chi connectivity index (χ2n) is 4.90. The minimum Gasteiger partial charge on any atom is -0.315 e. The molecule has 102 valence electrons. The molecule has 0 spiro atoms. The fourth-order valence-corrected chi connectivity index (χ4v) is 4.24. The predicted molar refractivity (Wildman–Crippen MR) is 81.4 cm³/mol. The summed E-state index contributed by atoms with van der Waals surface area (Å²) in [6.07, 6.45) is 3.90. The van der Waals surface area contributed by atoms with Gasteiger partial charge in [-0.3, -0.25) is 4.90 Å². The van der Waals surface area contributed by atoms with E-state index in [1.165, 1.54) is 36.2 Å². The van der Waals surface area contributed by atoms with E-state index >= 15 is 0 Å². The molecule has 18 heavy (non-hydrogen) atoms. The van der Waals surface area contributed by atoms with Crippen LogP contribution in [0.1, 0.15) is 24.8 Å². The van der Waals surface area contributed by atoms with Gasteiger partial charge in [-0.25, -0.2) is 0 Å². The highest BCUT2D eigenvalue weighted by atomic mass is 35.5. The summed E-state index contributed by atoms with van der Waals surface area (Å²) in [7, 11) is 0. The fraction of sp³-hybridized carbons (Fsp3) is 0.667. The Kier molecular flexibility index (Phi) is 5.21. The van der Waals surface area contributed by atoms with Gasteiger partial charge in [0.05, 0.1) is 5.02 Å². The molecule has 2 atom stereocenters. The predicted octanol–water partition coefficient (Wildman–Crippen LogP) is 3.80. The third kappa shape index (κ3) is 2.82. The third-order valence-corrected chi connectivity index (χ3v) is 5.83. The van der Waals surface area contributed by atoms with Crippen molar-refractivity contribution in [2.75, 3.05) is 13.1 Å². The van der Waals surface area contributed by atoms with E-state index in [0.717, 1.165) is 35.0 Å². The van der Waals surface area contributed by atoms with Crippen LogP contribution in [0.2, 0.25) is 9.36 Å². The first-order valence-corrected chi connectivity index (χ1v) is 7.77. The lowest BCUT2D eigenvalue weighted by molar-refractivity contribution is 0.194. The van der Waals surface area contributed by atoms with Crippen LogP contribution in [-0.2, 0) is 6.54 Å². The van der Waals surface area contributed by atoms with E-state index in [0.29, 0.717) is 6.04 Å². The van der Waals surface area contributed by atoms with Crippen LogP contribution in [0, 0.1) is 0 Å². The molecule has 2 aliphatic rings. The number of nitrogens with zero attached hydrogens (tertiary/aromatic N) is 1. The molecule has 2 aliphatic heterocycles. The summed E-state index contributed by atoms with van der Waals surface area (Å²) in [5.74, 6) is 0. The van der Waals surface area contributed by atoms with Gasteiger partial charge in [0.2, 0.25) is 0 Å². The number of nitrogens with one attached hydrogen (secondary N) is 1. The van der Waals surface area contributed by atoms with E-state index in [2.05, 4.69) is 15.6 Å². The third-order valence-electron chi connectivity index (χ3n) is 3.92. The Balaban J connectivity index is 0.00000120. The SMILES string of the molecule is Cl.Clc1scc(CN2C3CCNCC2CC3)c1Cl. The zero-order chi connectivity index (χ0) is 11.8. The van der Waals surface area contributed by atoms with Crippen molar-refractivity contribution >= 4 is 46.9 Å². The zero-order valence-electron chi connectivity index (χ0n) is 9.99. The van der Waals surface area contributed by atoms with Crippen LogP contribution in [0.15, 0.2) is 5.38 Å². The van der Waals surface area contributed by atoms with Gasteiger partial charge in [0.1, 0.15) is 4.34 Å². The molecule has 0 saturated carbocycles. The largest absolute Gasteiger partial charge is 0.315 e. The smallest absolute Gasteiger partial charge is 0.112 e. The summed E-state index contributed by atoms with van der Waals surface area (Å²) in [5.41, 5.74) is 1.19. The molecule has 0 aromatic carbocycles. The normalized spacial score (nSPS) is 27.9. The summed E-state index contributed by atoms with van der Waals surface area (Å²) in [6.45, 7) is 3.22. The first-order chi connectivity index (χ1) is 8.25. The van der Waals surface area contributed by atoms with Gasteiger partial charge >= 0.3 is 0 Å². The first-order valence-electron chi connectivity index (χ1n) is 6.13. The second-order valence-corrected chi connectivity index (χ2v) is 6.76. The lowest BCUT2D eigenvalue weighted by atomic mass is 10.1. The summed E-state index contributed by atoms with van der Waals surface area (Å²) < 4.78 is 0.724. The lowest BCUT2D eigenvalue weighted by Crippen LogP contribution is -2.37. The van der Waals surface area contributed by atoms with Crippen molar-refractivity contribution in [1.29, 1.82) is 0 Å². The molecule has 1 aromatic heterocycles. The molecule has 2 bridgehead atoms. The average molecular weight is 328 g/mol. The molecule has 1 aromatic rings. The molecule has 2 nitrogen and oxygen atoms in total. The van der Waals surface area contributed by atoms with E-state index in [4.69, 9.17) is 23.2 Å². The number of rotatable bonds is 2. The van der Waals surface area contributed by atoms with Crippen LogP contribution in [0.25, 0.3) is 0 Å². The quantitative estimate of drug-likeness (QED) is 0.889. The maximum absolute atomic E-state index is 6.22. The van der Waals surface area contributed by atoms with Crippen LogP contribution in [0.5, 0.6) is 0 Å². The topological polar surface area (TPSA) is 15.3 Å². The van der Waals surface area contributed by atoms with E-state index in [9.17, 15) is 0 Å². The van der Waals surface area contributed by atoms with Crippen LogP contribution in [0.4, 0.5) is 0 Å². The summed E-state index contributed by atoms with van der Waals surface area (Å²) in [4.78, 5) is 2.62. The molecular weight excluding hydrogens is 311 g/mol. The monoisotopic (exact) mass is 326 g/mol. The molecule has 0 radical (unpaired) electrons. The summed E-state index contributed by atoms with van der Waals surface area (Å²) in [6, 6.07) is 1.40.